The lowest BCUT2D eigenvalue weighted by Gasteiger charge is -2.21. The van der Waals surface area contributed by atoms with E-state index in [1.165, 1.54) is 0 Å². The largest absolute Gasteiger partial charge is 0.496 e. The lowest BCUT2D eigenvalue weighted by molar-refractivity contribution is 0.0758. The molecule has 3 rings (SSSR count). The molecule has 0 aliphatic carbocycles. The Bertz CT molecular complexity index is 527. The van der Waals surface area contributed by atoms with Crippen LogP contribution in [0.3, 0.4) is 0 Å². The molecule has 0 radical (unpaired) electrons. The number of hydrogen-bond acceptors (Lipinski definition) is 3. The average Bonchev–Trinajstić information content (AvgIpc) is 2.85. The van der Waals surface area contributed by atoms with Crippen molar-refractivity contribution in [2.45, 2.75) is 12.8 Å². The summed E-state index contributed by atoms with van der Waals surface area (Å²) in [5, 5.41) is 3.46. The van der Waals surface area contributed by atoms with E-state index in [1.807, 2.05) is 23.1 Å². The third-order valence-electron chi connectivity index (χ3n) is 4.71. The minimum atomic E-state index is 0. The first-order valence-corrected chi connectivity index (χ1v) is 8.32. The number of likely N-dealkylation sites (tertiary alicyclic amines) is 1. The van der Waals surface area contributed by atoms with Crippen LogP contribution in [-0.2, 0) is 0 Å². The van der Waals surface area contributed by atoms with Gasteiger partial charge in [0.25, 0.3) is 5.91 Å². The Morgan fingerprint density at radius 1 is 1.27 bits per heavy atom. The highest BCUT2D eigenvalue weighted by atomic mass is 79.9. The van der Waals surface area contributed by atoms with Gasteiger partial charge in [-0.05, 0) is 71.9 Å². The number of nitrogens with one attached hydrogen (secondary N) is 1. The normalized spacial score (nSPS) is 24.2. The summed E-state index contributed by atoms with van der Waals surface area (Å²) < 4.78 is 6.04. The molecule has 1 aromatic carbocycles. The molecule has 2 fully saturated rings. The fourth-order valence-electron chi connectivity index (χ4n) is 3.40. The van der Waals surface area contributed by atoms with E-state index in [1.54, 1.807) is 7.11 Å². The zero-order chi connectivity index (χ0) is 14.8. The molecule has 2 aliphatic heterocycles. The van der Waals surface area contributed by atoms with Crippen molar-refractivity contribution in [3.05, 3.63) is 28.2 Å². The molecule has 0 unspecified atom stereocenters. The molecule has 0 spiro atoms. The Labute approximate surface area is 146 Å². The standard InChI is InChI=1S/C16H21BrN2O2.ClH/c1-21-15-3-2-11(8-14(15)17)16(20)19-6-4-12-9-18-10-13(12)5-7-19;/h2-3,8,12-13,18H,4-7,9-10H2,1H3;1H/t12-,13+;. The van der Waals surface area contributed by atoms with Crippen LogP contribution in [0.15, 0.2) is 22.7 Å². The van der Waals surface area contributed by atoms with Crippen LogP contribution in [0.1, 0.15) is 23.2 Å². The van der Waals surface area contributed by atoms with Gasteiger partial charge in [-0.2, -0.15) is 0 Å². The van der Waals surface area contributed by atoms with Gasteiger partial charge in [0.2, 0.25) is 0 Å². The summed E-state index contributed by atoms with van der Waals surface area (Å²) in [6.45, 7) is 3.96. The van der Waals surface area contributed by atoms with Gasteiger partial charge in [-0.1, -0.05) is 0 Å². The van der Waals surface area contributed by atoms with Gasteiger partial charge < -0.3 is 15.0 Å². The summed E-state index contributed by atoms with van der Waals surface area (Å²) in [6, 6.07) is 5.54. The van der Waals surface area contributed by atoms with E-state index >= 15 is 0 Å². The second-order valence-electron chi connectivity index (χ2n) is 5.90. The molecule has 0 aromatic heterocycles. The van der Waals surface area contributed by atoms with Gasteiger partial charge >= 0.3 is 0 Å². The molecule has 0 saturated carbocycles. The van der Waals surface area contributed by atoms with Gasteiger partial charge in [-0.15, -0.1) is 12.4 Å². The molecule has 6 heteroatoms. The third kappa shape index (κ3) is 3.58. The maximum atomic E-state index is 12.7. The van der Waals surface area contributed by atoms with Crippen LogP contribution in [-0.4, -0.2) is 44.1 Å². The van der Waals surface area contributed by atoms with E-state index in [9.17, 15) is 4.79 Å². The quantitative estimate of drug-likeness (QED) is 0.845. The summed E-state index contributed by atoms with van der Waals surface area (Å²) in [5.41, 5.74) is 0.729. The van der Waals surface area contributed by atoms with E-state index in [0.29, 0.717) is 0 Å². The second kappa shape index (κ2) is 7.66. The summed E-state index contributed by atoms with van der Waals surface area (Å²) in [7, 11) is 1.63. The molecule has 0 bridgehead atoms. The lowest BCUT2D eigenvalue weighted by atomic mass is 9.92. The number of rotatable bonds is 2. The number of carbonyl (C=O) groups excluding carboxylic acids is 1. The lowest BCUT2D eigenvalue weighted by Crippen LogP contribution is -2.32. The van der Waals surface area contributed by atoms with Gasteiger partial charge in [-0.3, -0.25) is 4.79 Å². The van der Waals surface area contributed by atoms with Crippen molar-refractivity contribution >= 4 is 34.2 Å². The highest BCUT2D eigenvalue weighted by Gasteiger charge is 2.31. The maximum Gasteiger partial charge on any atom is 0.253 e. The molecule has 4 nitrogen and oxygen atoms in total. The van der Waals surface area contributed by atoms with E-state index in [2.05, 4.69) is 21.2 Å². The minimum absolute atomic E-state index is 0. The molecule has 2 heterocycles. The Balaban J connectivity index is 0.00000176. The van der Waals surface area contributed by atoms with Crippen LogP contribution in [0.4, 0.5) is 0 Å². The van der Waals surface area contributed by atoms with Crippen LogP contribution in [0, 0.1) is 11.8 Å². The smallest absolute Gasteiger partial charge is 0.253 e. The average molecular weight is 390 g/mol. The number of methoxy groups -OCH3 is 1. The Morgan fingerprint density at radius 2 is 1.91 bits per heavy atom. The molecule has 122 valence electrons. The Morgan fingerprint density at radius 3 is 2.45 bits per heavy atom. The number of hydrogen-bond donors (Lipinski definition) is 1. The van der Waals surface area contributed by atoms with Crippen LogP contribution in [0.2, 0.25) is 0 Å². The first-order valence-electron chi connectivity index (χ1n) is 7.52. The van der Waals surface area contributed by atoms with E-state index in [4.69, 9.17) is 4.74 Å². The topological polar surface area (TPSA) is 41.6 Å². The number of benzene rings is 1. The van der Waals surface area contributed by atoms with Crippen molar-refractivity contribution in [3.63, 3.8) is 0 Å². The van der Waals surface area contributed by atoms with Crippen LogP contribution in [0.25, 0.3) is 0 Å². The van der Waals surface area contributed by atoms with Crippen molar-refractivity contribution in [2.24, 2.45) is 11.8 Å². The van der Waals surface area contributed by atoms with Crippen LogP contribution < -0.4 is 10.1 Å². The first kappa shape index (κ1) is 17.6. The van der Waals surface area contributed by atoms with Crippen LogP contribution in [0.5, 0.6) is 5.75 Å². The monoisotopic (exact) mass is 388 g/mol. The molecule has 2 aliphatic rings. The fourth-order valence-corrected chi connectivity index (χ4v) is 3.94. The number of carbonyl (C=O) groups is 1. The van der Waals surface area contributed by atoms with Gasteiger partial charge in [0.15, 0.2) is 0 Å². The van der Waals surface area contributed by atoms with Crippen molar-refractivity contribution in [1.29, 1.82) is 0 Å². The predicted octanol–water partition coefficient (Wildman–Crippen LogP) is 2.95. The predicted molar refractivity (Wildman–Crippen MR) is 92.9 cm³/mol. The maximum absolute atomic E-state index is 12.7. The van der Waals surface area contributed by atoms with Crippen LogP contribution >= 0.6 is 28.3 Å². The number of nitrogens with zero attached hydrogens (tertiary/aromatic N) is 1. The number of halogens is 2. The SMILES string of the molecule is COc1ccc(C(=O)N2CC[C@@H]3CNC[C@@H]3CC2)cc1Br.Cl. The number of amides is 1. The van der Waals surface area contributed by atoms with E-state index in [0.717, 1.165) is 66.6 Å². The summed E-state index contributed by atoms with van der Waals surface area (Å²) in [6.07, 6.45) is 2.22. The number of ether oxygens (including phenoxy) is 1. The Hall–Kier alpha value is -0.780. The van der Waals surface area contributed by atoms with Gasteiger partial charge in [-0.25, -0.2) is 0 Å². The number of fused-ring (bicyclic) bond motifs is 1. The van der Waals surface area contributed by atoms with Crippen molar-refractivity contribution < 1.29 is 9.53 Å². The molecule has 1 aromatic rings. The molecule has 1 amide bonds. The van der Waals surface area contributed by atoms with Gasteiger partial charge in [0, 0.05) is 18.7 Å². The third-order valence-corrected chi connectivity index (χ3v) is 5.33. The summed E-state index contributed by atoms with van der Waals surface area (Å²) in [5.74, 6) is 2.37. The van der Waals surface area contributed by atoms with Crippen molar-refractivity contribution in [1.82, 2.24) is 10.2 Å². The first-order chi connectivity index (χ1) is 10.2. The molecular weight excluding hydrogens is 368 g/mol. The van der Waals surface area contributed by atoms with Gasteiger partial charge in [0.05, 0.1) is 11.6 Å². The molecule has 2 atom stereocenters. The fraction of sp³-hybridized carbons (Fsp3) is 0.562. The highest BCUT2D eigenvalue weighted by Crippen LogP contribution is 2.29. The zero-order valence-corrected chi connectivity index (χ0v) is 15.1. The van der Waals surface area contributed by atoms with Gasteiger partial charge in [0.1, 0.15) is 5.75 Å². The zero-order valence-electron chi connectivity index (χ0n) is 12.7. The summed E-state index contributed by atoms with van der Waals surface area (Å²) >= 11 is 3.45. The van der Waals surface area contributed by atoms with E-state index in [-0.39, 0.29) is 18.3 Å². The summed E-state index contributed by atoms with van der Waals surface area (Å²) in [4.78, 5) is 14.7. The molecule has 22 heavy (non-hydrogen) atoms. The second-order valence-corrected chi connectivity index (χ2v) is 6.75. The minimum Gasteiger partial charge on any atom is -0.496 e. The molecular formula is C16H22BrClN2O2. The van der Waals surface area contributed by atoms with Crippen molar-refractivity contribution in [3.8, 4) is 5.75 Å². The van der Waals surface area contributed by atoms with Crippen molar-refractivity contribution in [2.75, 3.05) is 33.3 Å². The molecule has 1 N–H and O–H groups in total. The molecule has 2 saturated heterocycles. The van der Waals surface area contributed by atoms with E-state index < -0.39 is 0 Å². The Kier molecular flexibility index (Phi) is 6.12. The highest BCUT2D eigenvalue weighted by molar-refractivity contribution is 9.10.